The van der Waals surface area contributed by atoms with Crippen LogP contribution in [0.2, 0.25) is 0 Å². The second kappa shape index (κ2) is 5.33. The third-order valence-corrected chi connectivity index (χ3v) is 5.07. The van der Waals surface area contributed by atoms with E-state index in [-0.39, 0.29) is 24.7 Å². The van der Waals surface area contributed by atoms with Crippen molar-refractivity contribution in [1.29, 1.82) is 0 Å². The molecule has 4 atom stereocenters. The Balaban J connectivity index is 2.35. The summed E-state index contributed by atoms with van der Waals surface area (Å²) in [5, 5.41) is 17.3. The van der Waals surface area contributed by atoms with E-state index < -0.39 is 30.9 Å². The zero-order valence-corrected chi connectivity index (χ0v) is 10.2. The number of carboxylic acid groups (broad SMARTS) is 2. The van der Waals surface area contributed by atoms with Crippen molar-refractivity contribution in [2.24, 2.45) is 17.6 Å². The van der Waals surface area contributed by atoms with Gasteiger partial charge in [-0.15, -0.1) is 0 Å². The van der Waals surface area contributed by atoms with Crippen molar-refractivity contribution in [3.63, 3.8) is 0 Å². The summed E-state index contributed by atoms with van der Waals surface area (Å²) in [4.78, 5) is 31.0. The van der Waals surface area contributed by atoms with E-state index in [9.17, 15) is 14.5 Å². The van der Waals surface area contributed by atoms with E-state index in [2.05, 4.69) is 0 Å². The van der Waals surface area contributed by atoms with Gasteiger partial charge < -0.3 is 0 Å². The van der Waals surface area contributed by atoms with Gasteiger partial charge in [-0.05, 0) is 0 Å². The molecular weight excluding hydrogens is 244 g/mol. The second-order valence-corrected chi connectivity index (χ2v) is 7.35. The molecule has 0 bridgehead atoms. The fourth-order valence-electron chi connectivity index (χ4n) is 1.74. The molecule has 0 aromatic heterocycles. The van der Waals surface area contributed by atoms with Crippen LogP contribution in [-0.2, 0) is 9.59 Å². The van der Waals surface area contributed by atoms with E-state index in [0.717, 1.165) is 0 Å². The van der Waals surface area contributed by atoms with E-state index in [1.165, 1.54) is 0 Å². The minimum absolute atomic E-state index is 0.0723. The summed E-state index contributed by atoms with van der Waals surface area (Å²) in [6.45, 7) is -2.71. The molecule has 8 heteroatoms. The Morgan fingerprint density at radius 1 is 1.47 bits per heavy atom. The normalized spacial score (nSPS) is 28.1. The molecule has 1 fully saturated rings. The van der Waals surface area contributed by atoms with Crippen LogP contribution in [0.5, 0.6) is 0 Å². The van der Waals surface area contributed by atoms with Gasteiger partial charge in [0.05, 0.1) is 0 Å². The van der Waals surface area contributed by atoms with Crippen LogP contribution < -0.4 is 5.73 Å². The van der Waals surface area contributed by atoms with Crippen LogP contribution in [0.1, 0.15) is 12.8 Å². The van der Waals surface area contributed by atoms with E-state index in [1.807, 2.05) is 0 Å². The van der Waals surface area contributed by atoms with Gasteiger partial charge in [0.25, 0.3) is 0 Å². The molecule has 1 radical (unpaired) electrons. The second-order valence-electron chi connectivity index (χ2n) is 4.57. The van der Waals surface area contributed by atoms with Gasteiger partial charge in [0, 0.05) is 0 Å². The maximum atomic E-state index is 10.6. The molecule has 0 heterocycles. The Kier molecular flexibility index (Phi) is 4.52. The van der Waals surface area contributed by atoms with Gasteiger partial charge in [0.2, 0.25) is 0 Å². The Labute approximate surface area is 100 Å². The van der Waals surface area contributed by atoms with Crippen LogP contribution in [-0.4, -0.2) is 52.6 Å². The number of nitrogens with two attached hydrogens (primary N) is 1. The molecule has 1 aliphatic carbocycles. The first-order valence-electron chi connectivity index (χ1n) is 5.32. The summed E-state index contributed by atoms with van der Waals surface area (Å²) in [5.74, 6) is -2.47. The Hall–Kier alpha value is -0.645. The average Bonchev–Trinajstić information content (AvgIpc) is 2.92. The van der Waals surface area contributed by atoms with Gasteiger partial charge in [-0.1, -0.05) is 0 Å². The summed E-state index contributed by atoms with van der Waals surface area (Å²) in [6, 6.07) is -1.03. The van der Waals surface area contributed by atoms with Gasteiger partial charge in [0.15, 0.2) is 0 Å². The molecule has 1 rings (SSSR count). The molecule has 95 valence electrons. The van der Waals surface area contributed by atoms with Gasteiger partial charge >= 0.3 is 99.6 Å². The van der Waals surface area contributed by atoms with Crippen LogP contribution in [0.25, 0.3) is 0 Å². The van der Waals surface area contributed by atoms with Crippen LogP contribution >= 0.6 is 6.98 Å². The molecule has 3 unspecified atom stereocenters. The van der Waals surface area contributed by atoms with Crippen molar-refractivity contribution >= 4 is 26.1 Å². The first-order chi connectivity index (χ1) is 7.73. The van der Waals surface area contributed by atoms with Gasteiger partial charge in [-0.3, -0.25) is 0 Å². The molecule has 17 heavy (non-hydrogen) atoms. The molecule has 1 aliphatic rings. The average molecular weight is 260 g/mol. The fourth-order valence-corrected chi connectivity index (χ4v) is 3.86. The number of carbonyl (C=O) groups is 2. The van der Waals surface area contributed by atoms with E-state index in [1.54, 1.807) is 0 Å². The summed E-state index contributed by atoms with van der Waals surface area (Å²) in [7, 11) is 5.69. The molecule has 0 spiro atoms. The van der Waals surface area contributed by atoms with Crippen molar-refractivity contribution in [2.45, 2.75) is 18.9 Å². The molecule has 6 nitrogen and oxygen atoms in total. The predicted molar refractivity (Wildman–Crippen MR) is 64.1 cm³/mol. The van der Waals surface area contributed by atoms with Crippen molar-refractivity contribution in [1.82, 2.24) is 0 Å². The van der Waals surface area contributed by atoms with Crippen LogP contribution in [0.3, 0.4) is 0 Å². The van der Waals surface area contributed by atoms with E-state index in [0.29, 0.717) is 6.42 Å². The zero-order valence-electron chi connectivity index (χ0n) is 9.32. The molecule has 1 saturated carbocycles. The molecule has 0 amide bonds. The fraction of sp³-hybridized carbons (Fsp3) is 0.778. The van der Waals surface area contributed by atoms with Crippen LogP contribution in [0.4, 0.5) is 0 Å². The first-order valence-corrected chi connectivity index (χ1v) is 7.50. The van der Waals surface area contributed by atoms with Gasteiger partial charge in [-0.25, -0.2) is 0 Å². The van der Waals surface area contributed by atoms with Gasteiger partial charge in [0.1, 0.15) is 0 Å². The summed E-state index contributed by atoms with van der Waals surface area (Å²) in [6.07, 6.45) is 1.08. The number of hydrogen-bond acceptors (Lipinski definition) is 4. The monoisotopic (exact) mass is 260 g/mol. The summed E-state index contributed by atoms with van der Waals surface area (Å²) >= 11 is 0. The maximum absolute atomic E-state index is 10.6. The van der Waals surface area contributed by atoms with Crippen molar-refractivity contribution < 1.29 is 24.7 Å². The molecule has 0 aromatic rings. The molecule has 0 saturated heterocycles. The number of aliphatic carboxylic acids is 2. The molecule has 0 aliphatic heterocycles. The van der Waals surface area contributed by atoms with Crippen molar-refractivity contribution in [2.75, 3.05) is 12.3 Å². The summed E-state index contributed by atoms with van der Waals surface area (Å²) < 4.78 is 0. The number of hydrogen-bond donors (Lipinski definition) is 4. The third kappa shape index (κ3) is 4.62. The summed E-state index contributed by atoms with van der Waals surface area (Å²) in [5.41, 5.74) is 5.30. The number of carboxylic acids is 2. The van der Waals surface area contributed by atoms with E-state index in [4.69, 9.17) is 23.1 Å². The Morgan fingerprint density at radius 2 is 2.06 bits per heavy atom. The molecule has 0 aromatic carbocycles. The number of rotatable bonds is 7. The minimum atomic E-state index is -2.71. The quantitative estimate of drug-likeness (QED) is 0.362. The van der Waals surface area contributed by atoms with Crippen molar-refractivity contribution in [3.8, 4) is 0 Å². The Morgan fingerprint density at radius 3 is 2.47 bits per heavy atom. The molecular formula is C9H16BNO5P. The first kappa shape index (κ1) is 14.4. The third-order valence-electron chi connectivity index (χ3n) is 2.93. The Bertz CT molecular complexity index is 374. The predicted octanol–water partition coefficient (Wildman–Crippen LogP) is -0.482. The van der Waals surface area contributed by atoms with Gasteiger partial charge in [-0.2, -0.15) is 0 Å². The standard InChI is InChI=1S/C9H16BNO5P/c10-17(16,2-1-7(11)9(14)15)4-5-3-6(5)8(12)13/h5-7,16H,1-4,11H2,(H,12,13)(H,14,15)/t5?,6?,7-,17?/m0/s1. The molecule has 5 N–H and O–H groups in total. The van der Waals surface area contributed by atoms with E-state index >= 15 is 0 Å². The topological polar surface area (TPSA) is 121 Å². The van der Waals surface area contributed by atoms with Crippen LogP contribution in [0, 0.1) is 11.8 Å². The zero-order chi connectivity index (χ0) is 13.2. The van der Waals surface area contributed by atoms with Crippen LogP contribution in [0.15, 0.2) is 0 Å². The SMILES string of the molecule is [B]=P(O)(CC[C@H](N)C(=O)O)CC1CC1C(=O)O. The van der Waals surface area contributed by atoms with Crippen molar-refractivity contribution in [3.05, 3.63) is 0 Å².